The second kappa shape index (κ2) is 15.3. The number of ether oxygens (including phenoxy) is 3. The number of fused-ring (bicyclic) bond motifs is 1. The van der Waals surface area contributed by atoms with Crippen LogP contribution in [0.25, 0.3) is 0 Å². The zero-order valence-electron chi connectivity index (χ0n) is 27.3. The van der Waals surface area contributed by atoms with Gasteiger partial charge in [-0.15, -0.1) is 23.1 Å². The molecule has 0 bridgehead atoms. The number of alkyl halides is 1. The van der Waals surface area contributed by atoms with Gasteiger partial charge in [0.2, 0.25) is 11.5 Å². The number of nitrogens with zero attached hydrogens (tertiary/aromatic N) is 3. The minimum Gasteiger partial charge on any atom is -0.497 e. The number of hydrogen-bond acceptors (Lipinski definition) is 12. The highest BCUT2D eigenvalue weighted by atomic mass is 127. The second-order valence-corrected chi connectivity index (χ2v) is 15.3. The molecule has 2 aliphatic rings. The van der Waals surface area contributed by atoms with Gasteiger partial charge in [-0.25, -0.2) is 14.6 Å². The first-order valence-corrected chi connectivity index (χ1v) is 18.3. The molecule has 11 nitrogen and oxygen atoms in total. The summed E-state index contributed by atoms with van der Waals surface area (Å²) in [5.41, 5.74) is -0.432. The Bertz CT molecular complexity index is 1610. The number of hydrogen-bond donors (Lipinski definition) is 0. The zero-order chi connectivity index (χ0) is 34.5. The number of ketones is 1. The number of oxime groups is 1. The van der Waals surface area contributed by atoms with Crippen LogP contribution in [0.4, 0.5) is 0 Å². The van der Waals surface area contributed by atoms with Crippen LogP contribution in [0, 0.1) is 12.8 Å². The number of carbonyl (C=O) groups excluding carboxylic acids is 4. The van der Waals surface area contributed by atoms with Gasteiger partial charge < -0.3 is 19.0 Å². The van der Waals surface area contributed by atoms with Crippen LogP contribution in [0.1, 0.15) is 57.3 Å². The van der Waals surface area contributed by atoms with Crippen molar-refractivity contribution in [3.05, 3.63) is 69.3 Å². The first kappa shape index (κ1) is 36.6. The van der Waals surface area contributed by atoms with Crippen molar-refractivity contribution < 1.29 is 38.2 Å². The average Bonchev–Trinajstić information content (AvgIpc) is 3.45. The van der Waals surface area contributed by atoms with Crippen molar-refractivity contribution in [1.82, 2.24) is 9.88 Å². The molecule has 0 aliphatic carbocycles. The Labute approximate surface area is 296 Å². The number of amides is 1. The summed E-state index contributed by atoms with van der Waals surface area (Å²) in [6, 6.07) is 7.15. The van der Waals surface area contributed by atoms with Crippen LogP contribution in [-0.2, 0) is 40.1 Å². The molecule has 0 N–H and O–H groups in total. The van der Waals surface area contributed by atoms with E-state index in [0.717, 1.165) is 9.99 Å². The third-order valence-electron chi connectivity index (χ3n) is 7.03. The second-order valence-electron chi connectivity index (χ2n) is 12.3. The average molecular weight is 796 g/mol. The van der Waals surface area contributed by atoms with E-state index in [1.807, 2.05) is 12.2 Å². The Kier molecular flexibility index (Phi) is 11.9. The van der Waals surface area contributed by atoms with Gasteiger partial charge in [-0.05, 0) is 64.8 Å². The first-order chi connectivity index (χ1) is 22.1. The molecule has 252 valence electrons. The summed E-state index contributed by atoms with van der Waals surface area (Å²) in [6.45, 7) is 10.0. The highest BCUT2D eigenvalue weighted by Gasteiger charge is 2.54. The van der Waals surface area contributed by atoms with Crippen LogP contribution >= 0.6 is 45.7 Å². The molecule has 2 aromatic rings. The molecule has 1 fully saturated rings. The molecule has 3 heterocycles. The molecule has 1 aromatic carbocycles. The number of thioether (sulfide) groups is 1. The number of benzene rings is 1. The van der Waals surface area contributed by atoms with E-state index >= 15 is 0 Å². The minimum absolute atomic E-state index is 0.0177. The van der Waals surface area contributed by atoms with E-state index in [4.69, 9.17) is 19.0 Å². The van der Waals surface area contributed by atoms with E-state index < -0.39 is 40.2 Å². The minimum atomic E-state index is -1.50. The first-order valence-electron chi connectivity index (χ1n) is 14.8. The van der Waals surface area contributed by atoms with Gasteiger partial charge in [0.05, 0.1) is 23.4 Å². The van der Waals surface area contributed by atoms with Crippen molar-refractivity contribution in [1.29, 1.82) is 0 Å². The van der Waals surface area contributed by atoms with Gasteiger partial charge in [0.25, 0.3) is 0 Å². The fourth-order valence-corrected chi connectivity index (χ4v) is 6.87. The molecule has 1 unspecified atom stereocenters. The summed E-state index contributed by atoms with van der Waals surface area (Å²) in [7, 11) is 1.57. The predicted molar refractivity (Wildman–Crippen MR) is 188 cm³/mol. The standard InChI is InChI=1S/C33H38IN3O8S2/c1-19-35-24(18-46-19)26(36-45-33(5,6)31(41)44-32(2,3)4)25(38)15-23-28(39)37-27(21(9-8-14-34)17-47-29(23)37)30(40)43-16-20-10-12-22(42-7)13-11-20/h8-13,18,23,29H,14-17H2,1-7H3/b9-8+,36-26-/t23-,29?/m1/s1. The molecule has 14 heteroatoms. The highest BCUT2D eigenvalue weighted by Crippen LogP contribution is 2.46. The van der Waals surface area contributed by atoms with Crippen LogP contribution in [0.5, 0.6) is 5.75 Å². The summed E-state index contributed by atoms with van der Waals surface area (Å²) in [5.74, 6) is -1.67. The number of carbonyl (C=O) groups is 4. The smallest absolute Gasteiger partial charge is 0.355 e. The summed E-state index contributed by atoms with van der Waals surface area (Å²) in [5, 5.41) is 6.02. The topological polar surface area (TPSA) is 134 Å². The third-order valence-corrected chi connectivity index (χ3v) is 9.67. The van der Waals surface area contributed by atoms with E-state index in [-0.39, 0.29) is 36.0 Å². The monoisotopic (exact) mass is 795 g/mol. The normalized spacial score (nSPS) is 18.5. The summed E-state index contributed by atoms with van der Waals surface area (Å²) in [6.07, 6.45) is 3.56. The molecule has 2 aliphatic heterocycles. The molecule has 0 radical (unpaired) electrons. The Morgan fingerprint density at radius 2 is 1.85 bits per heavy atom. The number of allylic oxidation sites excluding steroid dienone is 2. The molecule has 0 spiro atoms. The van der Waals surface area contributed by atoms with Crippen molar-refractivity contribution in [3.63, 3.8) is 0 Å². The molecule has 2 atom stereocenters. The van der Waals surface area contributed by atoms with Gasteiger partial charge in [-0.1, -0.05) is 52.0 Å². The number of rotatable bonds is 13. The number of halogens is 1. The quantitative estimate of drug-likeness (QED) is 0.0614. The predicted octanol–water partition coefficient (Wildman–Crippen LogP) is 5.78. The molecular weight excluding hydrogens is 757 g/mol. The van der Waals surface area contributed by atoms with Crippen molar-refractivity contribution in [2.75, 3.05) is 17.3 Å². The molecule has 47 heavy (non-hydrogen) atoms. The lowest BCUT2D eigenvalue weighted by Gasteiger charge is -2.49. The van der Waals surface area contributed by atoms with E-state index in [0.29, 0.717) is 22.1 Å². The van der Waals surface area contributed by atoms with E-state index in [1.165, 1.54) is 41.8 Å². The SMILES string of the molecule is COc1ccc(COC(=O)C2=C(/C=C/CI)CSC3[C@H](CC(=O)/C(=N\OC(C)(C)C(=O)OC(C)(C)C)c4csc(C)n4)C(=O)N23)cc1. The van der Waals surface area contributed by atoms with Crippen LogP contribution in [-0.4, -0.2) is 73.1 Å². The third kappa shape index (κ3) is 9.02. The van der Waals surface area contributed by atoms with Gasteiger partial charge >= 0.3 is 11.9 Å². The van der Waals surface area contributed by atoms with Crippen LogP contribution in [0.3, 0.4) is 0 Å². The van der Waals surface area contributed by atoms with Gasteiger partial charge in [0, 0.05) is 22.0 Å². The molecular formula is C33H38IN3O8S2. The Morgan fingerprint density at radius 3 is 2.45 bits per heavy atom. The Morgan fingerprint density at radius 1 is 1.15 bits per heavy atom. The molecule has 1 amide bonds. The number of thiazole rings is 1. The fourth-order valence-electron chi connectivity index (χ4n) is 4.63. The summed E-state index contributed by atoms with van der Waals surface area (Å²) in [4.78, 5) is 65.0. The Hall–Kier alpha value is -3.24. The number of aryl methyl sites for hydroxylation is 1. The van der Waals surface area contributed by atoms with E-state index in [1.54, 1.807) is 64.5 Å². The zero-order valence-corrected chi connectivity index (χ0v) is 31.1. The van der Waals surface area contributed by atoms with E-state index in [2.05, 4.69) is 32.7 Å². The maximum atomic E-state index is 13.8. The molecule has 4 rings (SSSR count). The van der Waals surface area contributed by atoms with Gasteiger partial charge in [0.1, 0.15) is 29.3 Å². The van der Waals surface area contributed by atoms with Crippen LogP contribution < -0.4 is 4.74 Å². The van der Waals surface area contributed by atoms with Gasteiger partial charge in [-0.2, -0.15) is 0 Å². The molecule has 1 saturated heterocycles. The van der Waals surface area contributed by atoms with Crippen LogP contribution in [0.2, 0.25) is 0 Å². The largest absolute Gasteiger partial charge is 0.497 e. The summed E-state index contributed by atoms with van der Waals surface area (Å²) >= 11 is 5.01. The van der Waals surface area contributed by atoms with E-state index in [9.17, 15) is 19.2 Å². The van der Waals surface area contributed by atoms with Crippen LogP contribution in [0.15, 0.2) is 58.2 Å². The lowest BCUT2D eigenvalue weighted by atomic mass is 9.89. The highest BCUT2D eigenvalue weighted by molar-refractivity contribution is 14.1. The molecule has 0 saturated carbocycles. The number of methoxy groups -OCH3 is 1. The lowest BCUT2D eigenvalue weighted by molar-refractivity contribution is -0.179. The van der Waals surface area contributed by atoms with Crippen molar-refractivity contribution >= 4 is 75.0 Å². The van der Waals surface area contributed by atoms with Gasteiger partial charge in [0.15, 0.2) is 11.5 Å². The fraction of sp³-hybridized carbons (Fsp3) is 0.455. The maximum absolute atomic E-state index is 13.8. The number of β-lactam (4-membered cyclic amide) rings is 1. The summed E-state index contributed by atoms with van der Waals surface area (Å²) < 4.78 is 17.0. The number of Topliss-reactive ketones (excluding diaryl/α,β-unsaturated/α-hetero) is 1. The number of aromatic nitrogens is 1. The van der Waals surface area contributed by atoms with Gasteiger partial charge in [-0.3, -0.25) is 14.5 Å². The number of esters is 2. The lowest BCUT2D eigenvalue weighted by Crippen LogP contribution is -2.62. The van der Waals surface area contributed by atoms with Crippen molar-refractivity contribution in [3.8, 4) is 5.75 Å². The van der Waals surface area contributed by atoms with Crippen molar-refractivity contribution in [2.24, 2.45) is 11.1 Å². The maximum Gasteiger partial charge on any atom is 0.355 e. The van der Waals surface area contributed by atoms with Crippen molar-refractivity contribution in [2.45, 2.75) is 71.1 Å². The molecule has 1 aromatic heterocycles. The Balaban J connectivity index is 1.53.